The lowest BCUT2D eigenvalue weighted by molar-refractivity contribution is -0.115. The van der Waals surface area contributed by atoms with Crippen molar-refractivity contribution in [2.75, 3.05) is 10.6 Å². The maximum absolute atomic E-state index is 13.5. The number of nitrogens with one attached hydrogen (secondary N) is 3. The lowest BCUT2D eigenvalue weighted by atomic mass is 10.1. The molecular weight excluding hydrogens is 665 g/mol. The predicted molar refractivity (Wildman–Crippen MR) is 195 cm³/mol. The average molecular weight is 697 g/mol. The summed E-state index contributed by atoms with van der Waals surface area (Å²) >= 11 is 13.5. The highest BCUT2D eigenvalue weighted by Gasteiger charge is 2.18. The number of carbonyl (C=O) groups is 3. The van der Waals surface area contributed by atoms with E-state index in [9.17, 15) is 14.4 Å². The molecule has 1 atom stereocenters. The summed E-state index contributed by atoms with van der Waals surface area (Å²) in [7, 11) is 0. The van der Waals surface area contributed by atoms with Crippen molar-refractivity contribution in [1.82, 2.24) is 5.32 Å². The zero-order chi connectivity index (χ0) is 33.9. The van der Waals surface area contributed by atoms with Gasteiger partial charge in [0.05, 0.1) is 16.0 Å². The van der Waals surface area contributed by atoms with Gasteiger partial charge in [-0.2, -0.15) is 0 Å². The first-order valence-corrected chi connectivity index (χ1v) is 16.6. The molecule has 0 saturated carbocycles. The topological polar surface area (TPSA) is 96.5 Å². The molecule has 10 heteroatoms. The SMILES string of the molecule is CC(Sc1ccc(NC(=O)/C(=C/c2ccc(OCc3ccccc3)cc2)NC(=O)c2ccccc2)cc1)C(=O)Nc1ccc(Cl)cc1Cl. The van der Waals surface area contributed by atoms with E-state index in [2.05, 4.69) is 16.0 Å². The first-order valence-electron chi connectivity index (χ1n) is 14.9. The maximum Gasteiger partial charge on any atom is 0.272 e. The third kappa shape index (κ3) is 9.99. The van der Waals surface area contributed by atoms with Gasteiger partial charge in [0.1, 0.15) is 18.1 Å². The number of halogens is 2. The predicted octanol–water partition coefficient (Wildman–Crippen LogP) is 9.10. The number of hydrogen-bond donors (Lipinski definition) is 3. The lowest BCUT2D eigenvalue weighted by Gasteiger charge is -2.14. The van der Waals surface area contributed by atoms with Crippen LogP contribution in [0.4, 0.5) is 11.4 Å². The molecule has 0 aliphatic heterocycles. The molecule has 0 bridgehead atoms. The number of thioether (sulfide) groups is 1. The van der Waals surface area contributed by atoms with Gasteiger partial charge in [-0.3, -0.25) is 14.4 Å². The summed E-state index contributed by atoms with van der Waals surface area (Å²) in [6.07, 6.45) is 1.61. The molecule has 5 aromatic carbocycles. The zero-order valence-corrected chi connectivity index (χ0v) is 28.1. The van der Waals surface area contributed by atoms with Crippen molar-refractivity contribution in [1.29, 1.82) is 0 Å². The number of benzene rings is 5. The van der Waals surface area contributed by atoms with Gasteiger partial charge in [-0.15, -0.1) is 11.8 Å². The van der Waals surface area contributed by atoms with Crippen molar-refractivity contribution < 1.29 is 19.1 Å². The van der Waals surface area contributed by atoms with Gasteiger partial charge in [-0.1, -0.05) is 83.9 Å². The van der Waals surface area contributed by atoms with E-state index in [0.717, 1.165) is 10.5 Å². The van der Waals surface area contributed by atoms with Crippen LogP contribution in [0.5, 0.6) is 5.75 Å². The molecule has 3 N–H and O–H groups in total. The molecular formula is C38H31Cl2N3O4S. The summed E-state index contributed by atoms with van der Waals surface area (Å²) in [6.45, 7) is 2.21. The minimum Gasteiger partial charge on any atom is -0.489 e. The summed E-state index contributed by atoms with van der Waals surface area (Å²) in [5.41, 5.74) is 3.21. The van der Waals surface area contributed by atoms with Crippen LogP contribution in [0.15, 0.2) is 138 Å². The van der Waals surface area contributed by atoms with Crippen LogP contribution < -0.4 is 20.7 Å². The Bertz CT molecular complexity index is 1900. The van der Waals surface area contributed by atoms with E-state index in [-0.39, 0.29) is 11.6 Å². The van der Waals surface area contributed by atoms with Crippen molar-refractivity contribution in [2.24, 2.45) is 0 Å². The molecule has 0 heterocycles. The van der Waals surface area contributed by atoms with Crippen molar-refractivity contribution in [2.45, 2.75) is 23.7 Å². The first kappa shape index (κ1) is 34.3. The molecule has 0 aliphatic carbocycles. The Labute approximate surface area is 293 Å². The van der Waals surface area contributed by atoms with Gasteiger partial charge in [-0.25, -0.2) is 0 Å². The minimum absolute atomic E-state index is 0.0615. The molecule has 1 unspecified atom stereocenters. The van der Waals surface area contributed by atoms with Crippen LogP contribution in [0.3, 0.4) is 0 Å². The minimum atomic E-state index is -0.503. The Morgan fingerprint density at radius 2 is 1.46 bits per heavy atom. The quantitative estimate of drug-likeness (QED) is 0.0894. The van der Waals surface area contributed by atoms with Crippen LogP contribution in [0, 0.1) is 0 Å². The van der Waals surface area contributed by atoms with Crippen LogP contribution in [0.25, 0.3) is 6.08 Å². The second kappa shape index (κ2) is 16.7. The smallest absolute Gasteiger partial charge is 0.272 e. The molecule has 242 valence electrons. The Balaban J connectivity index is 1.25. The van der Waals surface area contributed by atoms with Gasteiger partial charge < -0.3 is 20.7 Å². The van der Waals surface area contributed by atoms with Crippen molar-refractivity contribution in [3.8, 4) is 5.75 Å². The molecule has 0 radical (unpaired) electrons. The second-order valence-electron chi connectivity index (χ2n) is 10.6. The van der Waals surface area contributed by atoms with E-state index in [1.165, 1.54) is 11.8 Å². The Hall–Kier alpha value is -5.02. The fourth-order valence-electron chi connectivity index (χ4n) is 4.41. The molecule has 0 fully saturated rings. The Kier molecular flexibility index (Phi) is 11.9. The molecule has 7 nitrogen and oxygen atoms in total. The molecule has 5 aromatic rings. The number of anilines is 2. The van der Waals surface area contributed by atoms with Gasteiger partial charge in [0, 0.05) is 21.2 Å². The molecule has 48 heavy (non-hydrogen) atoms. The molecule has 0 saturated heterocycles. The van der Waals surface area contributed by atoms with Crippen LogP contribution >= 0.6 is 35.0 Å². The largest absolute Gasteiger partial charge is 0.489 e. The summed E-state index contributed by atoms with van der Waals surface area (Å²) in [5, 5.41) is 8.82. The van der Waals surface area contributed by atoms with Crippen molar-refractivity contribution >= 4 is 70.1 Å². The van der Waals surface area contributed by atoms with Crippen molar-refractivity contribution in [3.05, 3.63) is 160 Å². The molecule has 3 amide bonds. The van der Waals surface area contributed by atoms with Gasteiger partial charge in [0.15, 0.2) is 0 Å². The third-order valence-corrected chi connectivity index (χ3v) is 8.61. The van der Waals surface area contributed by atoms with Gasteiger partial charge in [-0.05, 0) is 90.9 Å². The van der Waals surface area contributed by atoms with E-state index >= 15 is 0 Å². The van der Waals surface area contributed by atoms with E-state index in [1.807, 2.05) is 60.7 Å². The highest BCUT2D eigenvalue weighted by molar-refractivity contribution is 8.00. The standard InChI is InChI=1S/C38H31Cl2N3O4S/c1-25(36(44)42-34-21-14-29(39)23-33(34)40)48-32-19-15-30(16-20-32)41-38(46)35(43-37(45)28-10-6-3-7-11-28)22-26-12-17-31(18-13-26)47-24-27-8-4-2-5-9-27/h2-23,25H,24H2,1H3,(H,41,46)(H,42,44)(H,43,45)/b35-22-. The number of hydrogen-bond acceptors (Lipinski definition) is 5. The number of ether oxygens (including phenoxy) is 1. The van der Waals surface area contributed by atoms with E-state index in [0.29, 0.717) is 44.9 Å². The molecule has 0 spiro atoms. The van der Waals surface area contributed by atoms with E-state index in [4.69, 9.17) is 27.9 Å². The van der Waals surface area contributed by atoms with E-state index in [1.54, 1.807) is 79.7 Å². The molecule has 0 aromatic heterocycles. The number of carbonyl (C=O) groups excluding carboxylic acids is 3. The van der Waals surface area contributed by atoms with Crippen LogP contribution in [-0.4, -0.2) is 23.0 Å². The van der Waals surface area contributed by atoms with Gasteiger partial charge in [0.25, 0.3) is 11.8 Å². The second-order valence-corrected chi connectivity index (χ2v) is 12.8. The first-order chi connectivity index (χ1) is 23.2. The van der Waals surface area contributed by atoms with Crippen LogP contribution in [-0.2, 0) is 16.2 Å². The fraction of sp³-hybridized carbons (Fsp3) is 0.0789. The monoisotopic (exact) mass is 695 g/mol. The van der Waals surface area contributed by atoms with Gasteiger partial charge in [0.2, 0.25) is 5.91 Å². The van der Waals surface area contributed by atoms with Crippen molar-refractivity contribution in [3.63, 3.8) is 0 Å². The average Bonchev–Trinajstić information content (AvgIpc) is 3.10. The van der Waals surface area contributed by atoms with Crippen LogP contribution in [0.1, 0.15) is 28.4 Å². The highest BCUT2D eigenvalue weighted by Crippen LogP contribution is 2.29. The normalized spacial score (nSPS) is 11.7. The number of rotatable bonds is 12. The summed E-state index contributed by atoms with van der Waals surface area (Å²) in [5.74, 6) is -0.467. The highest BCUT2D eigenvalue weighted by atomic mass is 35.5. The van der Waals surface area contributed by atoms with E-state index < -0.39 is 17.1 Å². The zero-order valence-electron chi connectivity index (χ0n) is 25.8. The summed E-state index contributed by atoms with van der Waals surface area (Å²) < 4.78 is 5.88. The summed E-state index contributed by atoms with van der Waals surface area (Å²) in [4.78, 5) is 40.1. The van der Waals surface area contributed by atoms with Gasteiger partial charge >= 0.3 is 0 Å². The Morgan fingerprint density at radius 1 is 0.792 bits per heavy atom. The lowest BCUT2D eigenvalue weighted by Crippen LogP contribution is -2.30. The molecule has 5 rings (SSSR count). The van der Waals surface area contributed by atoms with Crippen LogP contribution in [0.2, 0.25) is 10.0 Å². The fourth-order valence-corrected chi connectivity index (χ4v) is 5.73. The third-order valence-electron chi connectivity index (χ3n) is 6.95. The maximum atomic E-state index is 13.5. The number of amides is 3. The Morgan fingerprint density at radius 3 is 2.12 bits per heavy atom. The summed E-state index contributed by atoms with van der Waals surface area (Å²) in [6, 6.07) is 37.7. The molecule has 0 aliphatic rings.